The van der Waals surface area contributed by atoms with Gasteiger partial charge in [-0.15, -0.1) is 17.9 Å². The molecule has 0 fully saturated rings. The first kappa shape index (κ1) is 18.2. The van der Waals surface area contributed by atoms with E-state index >= 15 is 0 Å². The van der Waals surface area contributed by atoms with E-state index in [9.17, 15) is 14.4 Å². The average Bonchev–Trinajstić information content (AvgIpc) is 2.99. The van der Waals surface area contributed by atoms with Crippen molar-refractivity contribution in [3.05, 3.63) is 34.5 Å². The minimum atomic E-state index is -0.591. The first-order valence-electron chi connectivity index (χ1n) is 7.32. The zero-order valence-electron chi connectivity index (χ0n) is 13.4. The molecule has 0 aliphatic rings. The standard InChI is InChI=1S/C15H18N4O3S2/c1-4-7-19-13(21)11-10(6-8-23-11)17-15(19)24-9(3)12(20)18-14(22)16-5-2/h4,6,8-9H,1,5,7H2,2-3H3,(H2,16,18,20,22). The Morgan fingerprint density at radius 3 is 2.96 bits per heavy atom. The smallest absolute Gasteiger partial charge is 0.321 e. The summed E-state index contributed by atoms with van der Waals surface area (Å²) in [6, 6.07) is 1.23. The van der Waals surface area contributed by atoms with Crippen LogP contribution in [-0.4, -0.2) is 33.3 Å². The van der Waals surface area contributed by atoms with Gasteiger partial charge in [0.1, 0.15) is 4.70 Å². The Kier molecular flexibility index (Phi) is 6.16. The van der Waals surface area contributed by atoms with Crippen LogP contribution in [0.3, 0.4) is 0 Å². The number of nitrogens with one attached hydrogen (secondary N) is 2. The summed E-state index contributed by atoms with van der Waals surface area (Å²) < 4.78 is 2.05. The van der Waals surface area contributed by atoms with Gasteiger partial charge in [-0.05, 0) is 25.3 Å². The fraction of sp³-hybridized carbons (Fsp3) is 0.333. The Bertz CT molecular complexity index is 828. The molecule has 128 valence electrons. The van der Waals surface area contributed by atoms with Crippen molar-refractivity contribution in [2.45, 2.75) is 30.8 Å². The lowest BCUT2D eigenvalue weighted by Gasteiger charge is -2.14. The number of carbonyl (C=O) groups is 2. The van der Waals surface area contributed by atoms with Gasteiger partial charge in [-0.1, -0.05) is 17.8 Å². The molecule has 0 saturated carbocycles. The van der Waals surface area contributed by atoms with Crippen LogP contribution in [-0.2, 0) is 11.3 Å². The second-order valence-electron chi connectivity index (χ2n) is 4.84. The molecule has 2 N–H and O–H groups in total. The maximum atomic E-state index is 12.5. The monoisotopic (exact) mass is 366 g/mol. The molecule has 2 rings (SSSR count). The van der Waals surface area contributed by atoms with Crippen LogP contribution in [0.15, 0.2) is 34.1 Å². The molecule has 0 saturated heterocycles. The first-order chi connectivity index (χ1) is 11.5. The highest BCUT2D eigenvalue weighted by atomic mass is 32.2. The molecule has 2 aromatic heterocycles. The summed E-state index contributed by atoms with van der Waals surface area (Å²) in [5.41, 5.74) is 0.442. The van der Waals surface area contributed by atoms with Crippen LogP contribution in [0.1, 0.15) is 13.8 Å². The summed E-state index contributed by atoms with van der Waals surface area (Å²) in [5, 5.41) is 6.38. The Morgan fingerprint density at radius 1 is 1.54 bits per heavy atom. The van der Waals surface area contributed by atoms with Crippen molar-refractivity contribution in [2.75, 3.05) is 6.54 Å². The predicted molar refractivity (Wildman–Crippen MR) is 96.6 cm³/mol. The molecular weight excluding hydrogens is 348 g/mol. The van der Waals surface area contributed by atoms with Crippen molar-refractivity contribution >= 4 is 45.3 Å². The molecule has 0 radical (unpaired) electrons. The van der Waals surface area contributed by atoms with Crippen molar-refractivity contribution in [1.29, 1.82) is 0 Å². The number of urea groups is 1. The second-order valence-corrected chi connectivity index (χ2v) is 7.07. The molecule has 7 nitrogen and oxygen atoms in total. The van der Waals surface area contributed by atoms with Gasteiger partial charge < -0.3 is 5.32 Å². The number of hydrogen-bond donors (Lipinski definition) is 2. The van der Waals surface area contributed by atoms with Gasteiger partial charge in [0.05, 0.1) is 10.8 Å². The van der Waals surface area contributed by atoms with E-state index < -0.39 is 17.2 Å². The third-order valence-corrected chi connectivity index (χ3v) is 5.05. The molecule has 2 aromatic rings. The zero-order valence-corrected chi connectivity index (χ0v) is 15.0. The number of nitrogens with zero attached hydrogens (tertiary/aromatic N) is 2. The number of imide groups is 1. The summed E-state index contributed by atoms with van der Waals surface area (Å²) in [6.45, 7) is 7.79. The molecule has 0 bridgehead atoms. The van der Waals surface area contributed by atoms with Gasteiger partial charge >= 0.3 is 6.03 Å². The Morgan fingerprint density at radius 2 is 2.29 bits per heavy atom. The summed E-state index contributed by atoms with van der Waals surface area (Å²) in [5.74, 6) is -0.448. The number of amides is 3. The summed E-state index contributed by atoms with van der Waals surface area (Å²) in [7, 11) is 0. The maximum Gasteiger partial charge on any atom is 0.321 e. The quantitative estimate of drug-likeness (QED) is 0.463. The number of thiophene rings is 1. The number of fused-ring (bicyclic) bond motifs is 1. The first-order valence-corrected chi connectivity index (χ1v) is 9.08. The number of thioether (sulfide) groups is 1. The number of allylic oxidation sites excluding steroid dienone is 1. The zero-order chi connectivity index (χ0) is 17.7. The van der Waals surface area contributed by atoms with E-state index in [1.165, 1.54) is 15.9 Å². The van der Waals surface area contributed by atoms with Gasteiger partial charge in [0.15, 0.2) is 5.16 Å². The summed E-state index contributed by atoms with van der Waals surface area (Å²) in [6.07, 6.45) is 1.60. The van der Waals surface area contributed by atoms with Gasteiger partial charge in [0.25, 0.3) is 5.56 Å². The van der Waals surface area contributed by atoms with E-state index in [2.05, 4.69) is 22.2 Å². The lowest BCUT2D eigenvalue weighted by molar-refractivity contribution is -0.119. The third-order valence-electron chi connectivity index (χ3n) is 3.07. The van der Waals surface area contributed by atoms with Gasteiger partial charge in [0.2, 0.25) is 5.91 Å². The SMILES string of the molecule is C=CCn1c(SC(C)C(=O)NC(=O)NCC)nc2ccsc2c1=O. The molecule has 3 amide bonds. The van der Waals surface area contributed by atoms with E-state index in [4.69, 9.17) is 0 Å². The normalized spacial score (nSPS) is 11.9. The molecule has 1 atom stereocenters. The van der Waals surface area contributed by atoms with Crippen molar-refractivity contribution in [2.24, 2.45) is 0 Å². The Labute approximate surface area is 147 Å². The molecule has 0 aliphatic carbocycles. The van der Waals surface area contributed by atoms with Crippen LogP contribution < -0.4 is 16.2 Å². The van der Waals surface area contributed by atoms with Gasteiger partial charge in [-0.3, -0.25) is 19.5 Å². The summed E-state index contributed by atoms with van der Waals surface area (Å²) in [4.78, 5) is 40.5. The highest BCUT2D eigenvalue weighted by molar-refractivity contribution is 8.00. The highest BCUT2D eigenvalue weighted by Crippen LogP contribution is 2.24. The Hall–Kier alpha value is -2.13. The molecule has 1 unspecified atom stereocenters. The minimum absolute atomic E-state index is 0.159. The van der Waals surface area contributed by atoms with Crippen LogP contribution in [0.5, 0.6) is 0 Å². The average molecular weight is 366 g/mol. The van der Waals surface area contributed by atoms with Gasteiger partial charge in [0, 0.05) is 13.1 Å². The van der Waals surface area contributed by atoms with E-state index in [0.29, 0.717) is 28.5 Å². The lowest BCUT2D eigenvalue weighted by atomic mass is 10.4. The van der Waals surface area contributed by atoms with Crippen molar-refractivity contribution in [3.63, 3.8) is 0 Å². The predicted octanol–water partition coefficient (Wildman–Crippen LogP) is 1.97. The molecule has 0 aromatic carbocycles. The molecular formula is C15H18N4O3S2. The number of hydrogen-bond acceptors (Lipinski definition) is 6. The van der Waals surface area contributed by atoms with E-state index in [1.807, 2.05) is 0 Å². The molecule has 0 aliphatic heterocycles. The van der Waals surface area contributed by atoms with Crippen molar-refractivity contribution in [1.82, 2.24) is 20.2 Å². The topological polar surface area (TPSA) is 93.1 Å². The highest BCUT2D eigenvalue weighted by Gasteiger charge is 2.20. The molecule has 9 heteroatoms. The van der Waals surface area contributed by atoms with Crippen LogP contribution in [0, 0.1) is 0 Å². The lowest BCUT2D eigenvalue weighted by Crippen LogP contribution is -2.42. The van der Waals surface area contributed by atoms with Crippen LogP contribution in [0.2, 0.25) is 0 Å². The molecule has 24 heavy (non-hydrogen) atoms. The van der Waals surface area contributed by atoms with Gasteiger partial charge in [-0.2, -0.15) is 0 Å². The fourth-order valence-electron chi connectivity index (χ4n) is 1.93. The van der Waals surface area contributed by atoms with Crippen LogP contribution in [0.4, 0.5) is 4.79 Å². The number of carbonyl (C=O) groups excluding carboxylic acids is 2. The third kappa shape index (κ3) is 4.04. The van der Waals surface area contributed by atoms with E-state index in [0.717, 1.165) is 11.8 Å². The van der Waals surface area contributed by atoms with Gasteiger partial charge in [-0.25, -0.2) is 9.78 Å². The second kappa shape index (κ2) is 8.11. The van der Waals surface area contributed by atoms with Crippen molar-refractivity contribution < 1.29 is 9.59 Å². The molecule has 0 spiro atoms. The Balaban J connectivity index is 2.26. The van der Waals surface area contributed by atoms with Crippen LogP contribution >= 0.6 is 23.1 Å². The number of aromatic nitrogens is 2. The van der Waals surface area contributed by atoms with E-state index in [1.54, 1.807) is 31.4 Å². The summed E-state index contributed by atoms with van der Waals surface area (Å²) >= 11 is 2.46. The van der Waals surface area contributed by atoms with E-state index in [-0.39, 0.29) is 5.56 Å². The molecule has 2 heterocycles. The maximum absolute atomic E-state index is 12.5. The minimum Gasteiger partial charge on any atom is -0.338 e. The van der Waals surface area contributed by atoms with Crippen molar-refractivity contribution in [3.8, 4) is 0 Å². The largest absolute Gasteiger partial charge is 0.338 e. The van der Waals surface area contributed by atoms with Crippen LogP contribution in [0.25, 0.3) is 10.2 Å². The number of rotatable bonds is 6. The fourth-order valence-corrected chi connectivity index (χ4v) is 3.63.